The number of nitrogens with two attached hydrogens (primary N) is 1. The maximum Gasteiger partial charge on any atom is 0.356 e. The largest absolute Gasteiger partial charge is 0.464 e. The molecular formula is C11H18N2O2. The van der Waals surface area contributed by atoms with Gasteiger partial charge < -0.3 is 15.0 Å². The number of hydrogen-bond donors (Lipinski definition) is 1. The molecule has 0 unspecified atom stereocenters. The molecule has 1 aromatic rings. The lowest BCUT2D eigenvalue weighted by Crippen LogP contribution is -2.18. The van der Waals surface area contributed by atoms with E-state index < -0.39 is 5.97 Å². The van der Waals surface area contributed by atoms with Crippen molar-refractivity contribution in [2.24, 2.45) is 7.05 Å². The highest BCUT2D eigenvalue weighted by atomic mass is 16.5. The highest BCUT2D eigenvalue weighted by Crippen LogP contribution is 2.28. The van der Waals surface area contributed by atoms with E-state index >= 15 is 0 Å². The van der Waals surface area contributed by atoms with Crippen LogP contribution in [0.5, 0.6) is 0 Å². The average Bonchev–Trinajstić information content (AvgIpc) is 2.40. The van der Waals surface area contributed by atoms with E-state index in [4.69, 9.17) is 5.73 Å². The number of hydrogen-bond acceptors (Lipinski definition) is 3. The van der Waals surface area contributed by atoms with Crippen molar-refractivity contribution in [1.29, 1.82) is 0 Å². The summed E-state index contributed by atoms with van der Waals surface area (Å²) >= 11 is 0. The predicted octanol–water partition coefficient (Wildman–Crippen LogP) is 1.69. The van der Waals surface area contributed by atoms with Gasteiger partial charge in [-0.1, -0.05) is 20.8 Å². The summed E-state index contributed by atoms with van der Waals surface area (Å²) in [5, 5.41) is 0. The highest BCUT2D eigenvalue weighted by molar-refractivity contribution is 5.93. The van der Waals surface area contributed by atoms with Gasteiger partial charge in [0.15, 0.2) is 5.69 Å². The summed E-state index contributed by atoms with van der Waals surface area (Å²) in [6.07, 6.45) is 0. The van der Waals surface area contributed by atoms with Crippen LogP contribution in [0, 0.1) is 0 Å². The van der Waals surface area contributed by atoms with Crippen molar-refractivity contribution < 1.29 is 9.53 Å². The number of ether oxygens (including phenoxy) is 1. The van der Waals surface area contributed by atoms with Crippen LogP contribution in [0.3, 0.4) is 0 Å². The van der Waals surface area contributed by atoms with Crippen molar-refractivity contribution in [3.8, 4) is 0 Å². The first-order valence-corrected chi connectivity index (χ1v) is 4.83. The Kier molecular flexibility index (Phi) is 2.79. The Morgan fingerprint density at radius 2 is 2.00 bits per heavy atom. The quantitative estimate of drug-likeness (QED) is 0.718. The van der Waals surface area contributed by atoms with E-state index in [1.54, 1.807) is 4.57 Å². The second-order valence-corrected chi connectivity index (χ2v) is 4.63. The Labute approximate surface area is 90.0 Å². The minimum atomic E-state index is -0.398. The van der Waals surface area contributed by atoms with Crippen LogP contribution in [0.2, 0.25) is 0 Å². The van der Waals surface area contributed by atoms with Crippen molar-refractivity contribution in [3.63, 3.8) is 0 Å². The van der Waals surface area contributed by atoms with Crippen LogP contribution >= 0.6 is 0 Å². The molecule has 0 radical (unpaired) electrons. The van der Waals surface area contributed by atoms with Crippen LogP contribution in [0.25, 0.3) is 0 Å². The summed E-state index contributed by atoms with van der Waals surface area (Å²) in [6.45, 7) is 6.22. The van der Waals surface area contributed by atoms with Crippen molar-refractivity contribution in [2.75, 3.05) is 12.8 Å². The van der Waals surface area contributed by atoms with Gasteiger partial charge >= 0.3 is 5.97 Å². The number of aromatic nitrogens is 1. The maximum atomic E-state index is 11.5. The van der Waals surface area contributed by atoms with Crippen LogP contribution in [-0.2, 0) is 17.2 Å². The lowest BCUT2D eigenvalue weighted by atomic mass is 9.92. The van der Waals surface area contributed by atoms with E-state index in [1.165, 1.54) is 7.11 Å². The van der Waals surface area contributed by atoms with E-state index in [0.717, 1.165) is 5.69 Å². The topological polar surface area (TPSA) is 57.2 Å². The standard InChI is InChI=1S/C11H18N2O2/c1-11(2,3)8-6-7(12)9(13(8)4)10(14)15-5/h6H,12H2,1-5H3. The highest BCUT2D eigenvalue weighted by Gasteiger charge is 2.24. The third-order valence-electron chi connectivity index (χ3n) is 2.41. The number of methoxy groups -OCH3 is 1. The van der Waals surface area contributed by atoms with Crippen molar-refractivity contribution >= 4 is 11.7 Å². The zero-order valence-electron chi connectivity index (χ0n) is 9.92. The molecule has 0 saturated carbocycles. The summed E-state index contributed by atoms with van der Waals surface area (Å²) < 4.78 is 6.48. The molecule has 0 aliphatic rings. The fourth-order valence-corrected chi connectivity index (χ4v) is 1.70. The molecule has 0 aromatic carbocycles. The van der Waals surface area contributed by atoms with Crippen LogP contribution in [0.15, 0.2) is 6.07 Å². The van der Waals surface area contributed by atoms with Gasteiger partial charge in [0.2, 0.25) is 0 Å². The molecular weight excluding hydrogens is 192 g/mol. The zero-order chi connectivity index (χ0) is 11.8. The molecule has 0 spiro atoms. The molecule has 2 N–H and O–H groups in total. The third-order valence-corrected chi connectivity index (χ3v) is 2.41. The number of rotatable bonds is 1. The van der Waals surface area contributed by atoms with E-state index in [1.807, 2.05) is 13.1 Å². The van der Waals surface area contributed by atoms with Gasteiger partial charge in [-0.2, -0.15) is 0 Å². The van der Waals surface area contributed by atoms with Crippen molar-refractivity contribution in [2.45, 2.75) is 26.2 Å². The summed E-state index contributed by atoms with van der Waals surface area (Å²) in [6, 6.07) is 1.83. The summed E-state index contributed by atoms with van der Waals surface area (Å²) in [7, 11) is 3.18. The van der Waals surface area contributed by atoms with Gasteiger partial charge in [0, 0.05) is 18.2 Å². The number of nitrogen functional groups attached to an aromatic ring is 1. The minimum absolute atomic E-state index is 0.0465. The molecule has 1 aromatic heterocycles. The smallest absolute Gasteiger partial charge is 0.356 e. The van der Waals surface area contributed by atoms with E-state index in [-0.39, 0.29) is 5.41 Å². The van der Waals surface area contributed by atoms with E-state index in [9.17, 15) is 4.79 Å². The third kappa shape index (κ3) is 1.98. The normalized spacial score (nSPS) is 11.5. The molecule has 0 amide bonds. The van der Waals surface area contributed by atoms with Gasteiger partial charge in [-0.05, 0) is 6.07 Å². The second kappa shape index (κ2) is 3.61. The summed E-state index contributed by atoms with van der Waals surface area (Å²) in [5.41, 5.74) is 7.65. The lowest BCUT2D eigenvalue weighted by Gasteiger charge is -2.19. The maximum absolute atomic E-state index is 11.5. The molecule has 1 heterocycles. The molecule has 0 aliphatic carbocycles. The number of carbonyl (C=O) groups is 1. The number of esters is 1. The Bertz CT molecular complexity index is 386. The van der Waals surface area contributed by atoms with Crippen LogP contribution in [-0.4, -0.2) is 17.6 Å². The second-order valence-electron chi connectivity index (χ2n) is 4.63. The predicted molar refractivity (Wildman–Crippen MR) is 59.9 cm³/mol. The van der Waals surface area contributed by atoms with E-state index in [2.05, 4.69) is 25.5 Å². The van der Waals surface area contributed by atoms with Gasteiger partial charge in [-0.15, -0.1) is 0 Å². The fraction of sp³-hybridized carbons (Fsp3) is 0.545. The van der Waals surface area contributed by atoms with Crippen LogP contribution in [0.1, 0.15) is 37.0 Å². The fourth-order valence-electron chi connectivity index (χ4n) is 1.70. The first-order valence-electron chi connectivity index (χ1n) is 4.83. The molecule has 0 saturated heterocycles. The Morgan fingerprint density at radius 3 is 2.33 bits per heavy atom. The first-order chi connectivity index (χ1) is 6.79. The minimum Gasteiger partial charge on any atom is -0.464 e. The number of anilines is 1. The Balaban J connectivity index is 3.33. The molecule has 0 atom stereocenters. The zero-order valence-corrected chi connectivity index (χ0v) is 9.92. The van der Waals surface area contributed by atoms with Gasteiger partial charge in [-0.3, -0.25) is 0 Å². The van der Waals surface area contributed by atoms with Crippen molar-refractivity contribution in [1.82, 2.24) is 4.57 Å². The van der Waals surface area contributed by atoms with Gasteiger partial charge in [-0.25, -0.2) is 4.79 Å². The Hall–Kier alpha value is -1.45. The molecule has 0 fully saturated rings. The molecule has 15 heavy (non-hydrogen) atoms. The van der Waals surface area contributed by atoms with E-state index in [0.29, 0.717) is 11.4 Å². The first kappa shape index (κ1) is 11.6. The van der Waals surface area contributed by atoms with Gasteiger partial charge in [0.25, 0.3) is 0 Å². The lowest BCUT2D eigenvalue weighted by molar-refractivity contribution is 0.0590. The summed E-state index contributed by atoms with van der Waals surface area (Å²) in [5.74, 6) is -0.398. The molecule has 1 rings (SSSR count). The molecule has 4 nitrogen and oxygen atoms in total. The Morgan fingerprint density at radius 1 is 1.47 bits per heavy atom. The van der Waals surface area contributed by atoms with Gasteiger partial charge in [0.1, 0.15) is 0 Å². The van der Waals surface area contributed by atoms with Crippen LogP contribution < -0.4 is 5.73 Å². The van der Waals surface area contributed by atoms with Crippen molar-refractivity contribution in [3.05, 3.63) is 17.5 Å². The molecule has 0 aliphatic heterocycles. The SMILES string of the molecule is COC(=O)c1c(N)cc(C(C)(C)C)n1C. The van der Waals surface area contributed by atoms with Crippen LogP contribution in [0.4, 0.5) is 5.69 Å². The summed E-state index contributed by atoms with van der Waals surface area (Å²) in [4.78, 5) is 11.5. The average molecular weight is 210 g/mol. The molecule has 84 valence electrons. The monoisotopic (exact) mass is 210 g/mol. The number of carbonyl (C=O) groups excluding carboxylic acids is 1. The molecule has 0 bridgehead atoms. The van der Waals surface area contributed by atoms with Gasteiger partial charge in [0.05, 0.1) is 12.8 Å². The number of nitrogens with zero attached hydrogens (tertiary/aromatic N) is 1. The molecule has 4 heteroatoms.